The van der Waals surface area contributed by atoms with Crippen LogP contribution in [0, 0.1) is 5.92 Å². The van der Waals surface area contributed by atoms with E-state index in [2.05, 4.69) is 52.0 Å². The second-order valence-corrected chi connectivity index (χ2v) is 8.15. The summed E-state index contributed by atoms with van der Waals surface area (Å²) in [6.45, 7) is 5.41. The minimum Gasteiger partial charge on any atom is -0.372 e. The highest BCUT2D eigenvalue weighted by Crippen LogP contribution is 2.25. The summed E-state index contributed by atoms with van der Waals surface area (Å²) < 4.78 is 0. The largest absolute Gasteiger partial charge is 0.372 e. The lowest BCUT2D eigenvalue weighted by Crippen LogP contribution is -2.38. The molecular formula is C23H29N5O2. The van der Waals surface area contributed by atoms with Gasteiger partial charge in [-0.15, -0.1) is 0 Å². The van der Waals surface area contributed by atoms with Crippen LogP contribution in [-0.4, -0.2) is 43.1 Å². The Morgan fingerprint density at radius 1 is 1.03 bits per heavy atom. The quantitative estimate of drug-likeness (QED) is 0.711. The number of amides is 3. The molecule has 30 heavy (non-hydrogen) atoms. The topological polar surface area (TPSA) is 76.7 Å². The number of piperidine rings is 1. The van der Waals surface area contributed by atoms with E-state index in [1.807, 2.05) is 24.3 Å². The van der Waals surface area contributed by atoms with Gasteiger partial charge in [-0.1, -0.05) is 19.1 Å². The highest BCUT2D eigenvalue weighted by molar-refractivity contribution is 5.86. The number of benzene rings is 2. The second-order valence-electron chi connectivity index (χ2n) is 8.15. The van der Waals surface area contributed by atoms with E-state index in [0.29, 0.717) is 6.54 Å². The smallest absolute Gasteiger partial charge is 0.319 e. The molecule has 7 heteroatoms. The third kappa shape index (κ3) is 5.03. The average molecular weight is 408 g/mol. The van der Waals surface area contributed by atoms with E-state index in [1.54, 1.807) is 0 Å². The second kappa shape index (κ2) is 9.07. The molecule has 2 heterocycles. The van der Waals surface area contributed by atoms with E-state index in [-0.39, 0.29) is 25.2 Å². The fourth-order valence-corrected chi connectivity index (χ4v) is 3.80. The third-order valence-corrected chi connectivity index (χ3v) is 5.79. The standard InChI is InChI=1S/C23H29N5O2/c1-17-10-12-27(13-11-17)21-8-6-20(7-9-21)26-19-4-2-18(3-5-19)14-24-23(30)28-15-22(29)25-16-28/h2-9,17,26H,10-16H2,1H3,(H,24,30)(H,25,29). The molecule has 2 saturated heterocycles. The predicted octanol–water partition coefficient (Wildman–Crippen LogP) is 3.27. The van der Waals surface area contributed by atoms with Crippen molar-refractivity contribution in [2.75, 3.05) is 36.5 Å². The fraction of sp³-hybridized carbons (Fsp3) is 0.391. The molecule has 0 atom stereocenters. The van der Waals surface area contributed by atoms with E-state index in [0.717, 1.165) is 35.9 Å². The van der Waals surface area contributed by atoms with Crippen molar-refractivity contribution in [2.45, 2.75) is 26.3 Å². The molecule has 158 valence electrons. The first-order valence-corrected chi connectivity index (χ1v) is 10.6. The van der Waals surface area contributed by atoms with Crippen molar-refractivity contribution >= 4 is 29.0 Å². The zero-order chi connectivity index (χ0) is 20.9. The molecule has 0 spiro atoms. The third-order valence-electron chi connectivity index (χ3n) is 5.79. The van der Waals surface area contributed by atoms with Crippen LogP contribution in [0.25, 0.3) is 0 Å². The minimum atomic E-state index is -0.237. The molecule has 0 unspecified atom stereocenters. The van der Waals surface area contributed by atoms with E-state index >= 15 is 0 Å². The Hall–Kier alpha value is -3.22. The van der Waals surface area contributed by atoms with Crippen LogP contribution in [0.2, 0.25) is 0 Å². The molecule has 0 bridgehead atoms. The monoisotopic (exact) mass is 407 g/mol. The van der Waals surface area contributed by atoms with E-state index in [4.69, 9.17) is 0 Å². The normalized spacial score (nSPS) is 17.0. The Labute approximate surface area is 177 Å². The molecule has 7 nitrogen and oxygen atoms in total. The van der Waals surface area contributed by atoms with Gasteiger partial charge >= 0.3 is 6.03 Å². The van der Waals surface area contributed by atoms with Gasteiger partial charge in [-0.05, 0) is 60.7 Å². The maximum absolute atomic E-state index is 12.0. The van der Waals surface area contributed by atoms with Crippen LogP contribution in [0.3, 0.4) is 0 Å². The summed E-state index contributed by atoms with van der Waals surface area (Å²) in [6, 6.07) is 16.3. The molecule has 0 aliphatic carbocycles. The van der Waals surface area contributed by atoms with Crippen molar-refractivity contribution in [3.8, 4) is 0 Å². The summed E-state index contributed by atoms with van der Waals surface area (Å²) in [5.74, 6) is 0.707. The number of nitrogens with one attached hydrogen (secondary N) is 3. The van der Waals surface area contributed by atoms with Gasteiger partial charge in [-0.2, -0.15) is 0 Å². The number of rotatable bonds is 5. The summed E-state index contributed by atoms with van der Waals surface area (Å²) in [7, 11) is 0. The van der Waals surface area contributed by atoms with Crippen LogP contribution < -0.4 is 20.9 Å². The molecule has 4 rings (SSSR count). The number of hydrogen-bond donors (Lipinski definition) is 3. The first-order chi connectivity index (χ1) is 14.6. The van der Waals surface area contributed by atoms with Gasteiger partial charge in [-0.25, -0.2) is 4.79 Å². The molecule has 2 fully saturated rings. The van der Waals surface area contributed by atoms with Crippen molar-refractivity contribution in [3.05, 3.63) is 54.1 Å². The van der Waals surface area contributed by atoms with Gasteiger partial charge in [0.05, 0.1) is 6.67 Å². The van der Waals surface area contributed by atoms with E-state index in [9.17, 15) is 9.59 Å². The van der Waals surface area contributed by atoms with E-state index < -0.39 is 0 Å². The molecule has 2 aliphatic heterocycles. The van der Waals surface area contributed by atoms with E-state index in [1.165, 1.54) is 23.4 Å². The van der Waals surface area contributed by atoms with Gasteiger partial charge in [-0.3, -0.25) is 9.69 Å². The van der Waals surface area contributed by atoms with Crippen LogP contribution >= 0.6 is 0 Å². The molecular weight excluding hydrogens is 378 g/mol. The van der Waals surface area contributed by atoms with Gasteiger partial charge in [0.1, 0.15) is 6.54 Å². The van der Waals surface area contributed by atoms with Crippen molar-refractivity contribution in [1.82, 2.24) is 15.5 Å². The Morgan fingerprint density at radius 3 is 2.27 bits per heavy atom. The van der Waals surface area contributed by atoms with Crippen molar-refractivity contribution < 1.29 is 9.59 Å². The lowest BCUT2D eigenvalue weighted by atomic mass is 9.99. The molecule has 2 aliphatic rings. The Morgan fingerprint density at radius 2 is 1.67 bits per heavy atom. The highest BCUT2D eigenvalue weighted by Gasteiger charge is 2.22. The van der Waals surface area contributed by atoms with Crippen LogP contribution in [0.5, 0.6) is 0 Å². The van der Waals surface area contributed by atoms with Crippen LogP contribution in [-0.2, 0) is 11.3 Å². The number of hydrogen-bond acceptors (Lipinski definition) is 4. The van der Waals surface area contributed by atoms with Gasteiger partial charge in [0.15, 0.2) is 0 Å². The van der Waals surface area contributed by atoms with Gasteiger partial charge < -0.3 is 20.9 Å². The van der Waals surface area contributed by atoms with Gasteiger partial charge in [0, 0.05) is 36.7 Å². The molecule has 2 aromatic rings. The summed E-state index contributed by atoms with van der Waals surface area (Å²) in [6.07, 6.45) is 2.53. The average Bonchev–Trinajstić information content (AvgIpc) is 3.21. The van der Waals surface area contributed by atoms with Crippen molar-refractivity contribution in [1.29, 1.82) is 0 Å². The van der Waals surface area contributed by atoms with Crippen molar-refractivity contribution in [3.63, 3.8) is 0 Å². The van der Waals surface area contributed by atoms with Crippen LogP contribution in [0.1, 0.15) is 25.3 Å². The molecule has 3 amide bonds. The maximum Gasteiger partial charge on any atom is 0.319 e. The maximum atomic E-state index is 12.0. The Balaban J connectivity index is 1.27. The number of anilines is 3. The first kappa shape index (κ1) is 20.1. The Bertz CT molecular complexity index is 873. The first-order valence-electron chi connectivity index (χ1n) is 10.6. The zero-order valence-electron chi connectivity index (χ0n) is 17.4. The van der Waals surface area contributed by atoms with Gasteiger partial charge in [0.2, 0.25) is 5.91 Å². The number of nitrogens with zero attached hydrogens (tertiary/aromatic N) is 2. The molecule has 0 saturated carbocycles. The SMILES string of the molecule is CC1CCN(c2ccc(Nc3ccc(CNC(=O)N4CNC(=O)C4)cc3)cc2)CC1. The lowest BCUT2D eigenvalue weighted by molar-refractivity contribution is -0.118. The molecule has 2 aromatic carbocycles. The zero-order valence-corrected chi connectivity index (χ0v) is 17.4. The summed E-state index contributed by atoms with van der Waals surface area (Å²) in [5.41, 5.74) is 4.34. The Kier molecular flexibility index (Phi) is 6.07. The molecule has 3 N–H and O–H groups in total. The lowest BCUT2D eigenvalue weighted by Gasteiger charge is -2.32. The van der Waals surface area contributed by atoms with Gasteiger partial charge in [0.25, 0.3) is 0 Å². The summed E-state index contributed by atoms with van der Waals surface area (Å²) >= 11 is 0. The minimum absolute atomic E-state index is 0.115. The summed E-state index contributed by atoms with van der Waals surface area (Å²) in [4.78, 5) is 27.1. The fourth-order valence-electron chi connectivity index (χ4n) is 3.80. The highest BCUT2D eigenvalue weighted by atomic mass is 16.2. The van der Waals surface area contributed by atoms with Crippen LogP contribution in [0.15, 0.2) is 48.5 Å². The number of carbonyl (C=O) groups excluding carboxylic acids is 2. The predicted molar refractivity (Wildman–Crippen MR) is 119 cm³/mol. The summed E-state index contributed by atoms with van der Waals surface area (Å²) in [5, 5.41) is 8.88. The number of carbonyl (C=O) groups is 2. The van der Waals surface area contributed by atoms with Crippen LogP contribution in [0.4, 0.5) is 21.9 Å². The van der Waals surface area contributed by atoms with Crippen molar-refractivity contribution in [2.24, 2.45) is 5.92 Å². The number of urea groups is 1. The molecule has 0 aromatic heterocycles. The molecule has 0 radical (unpaired) electrons.